The number of aliphatic hydroxyl groups is 2. The van der Waals surface area contributed by atoms with Crippen LogP contribution in [0.25, 0.3) is 11.3 Å². The predicted octanol–water partition coefficient (Wildman–Crippen LogP) is 3.35. The summed E-state index contributed by atoms with van der Waals surface area (Å²) in [7, 11) is 0. The number of benzene rings is 1. The van der Waals surface area contributed by atoms with Crippen molar-refractivity contribution in [2.75, 3.05) is 13.1 Å². The van der Waals surface area contributed by atoms with Gasteiger partial charge < -0.3 is 20.6 Å². The standard InChI is InChI=1S/C22H32N2O3S/c1-20(2,3)14-7-13(8-15(19(14)26)21(4,5)6)16-11-28-18(24-16)9-22(27)12-23-10-17(22)25/h7-8,11,17,23,25-27H,9-10,12H2,1-6H3. The third-order valence-electron chi connectivity index (χ3n) is 5.42. The lowest BCUT2D eigenvalue weighted by Crippen LogP contribution is -2.43. The number of phenols is 1. The van der Waals surface area contributed by atoms with Crippen molar-refractivity contribution in [2.45, 2.75) is 70.5 Å². The largest absolute Gasteiger partial charge is 0.507 e. The van der Waals surface area contributed by atoms with E-state index in [1.54, 1.807) is 0 Å². The Morgan fingerprint density at radius 3 is 2.18 bits per heavy atom. The Morgan fingerprint density at radius 2 is 1.71 bits per heavy atom. The van der Waals surface area contributed by atoms with Crippen LogP contribution in [0.15, 0.2) is 17.5 Å². The molecule has 1 aliphatic rings. The van der Waals surface area contributed by atoms with Crippen molar-refractivity contribution in [3.05, 3.63) is 33.6 Å². The average Bonchev–Trinajstić information content (AvgIpc) is 3.13. The van der Waals surface area contributed by atoms with E-state index in [0.29, 0.717) is 25.3 Å². The van der Waals surface area contributed by atoms with Crippen molar-refractivity contribution in [3.63, 3.8) is 0 Å². The summed E-state index contributed by atoms with van der Waals surface area (Å²) in [5, 5.41) is 37.4. The van der Waals surface area contributed by atoms with Gasteiger partial charge in [0.1, 0.15) is 11.4 Å². The number of thiazole rings is 1. The molecule has 154 valence electrons. The second-order valence-electron chi connectivity index (χ2n) is 9.97. The van der Waals surface area contributed by atoms with Crippen LogP contribution >= 0.6 is 11.3 Å². The van der Waals surface area contributed by atoms with Crippen molar-refractivity contribution in [2.24, 2.45) is 0 Å². The quantitative estimate of drug-likeness (QED) is 0.630. The van der Waals surface area contributed by atoms with Crippen molar-refractivity contribution in [3.8, 4) is 17.0 Å². The van der Waals surface area contributed by atoms with E-state index in [1.807, 2.05) is 17.5 Å². The van der Waals surface area contributed by atoms with Crippen molar-refractivity contribution in [1.82, 2.24) is 10.3 Å². The number of aromatic nitrogens is 1. The van der Waals surface area contributed by atoms with Crippen LogP contribution in [0.1, 0.15) is 57.7 Å². The van der Waals surface area contributed by atoms with E-state index in [9.17, 15) is 15.3 Å². The smallest absolute Gasteiger partial charge is 0.123 e. The molecule has 4 N–H and O–H groups in total. The second-order valence-corrected chi connectivity index (χ2v) is 10.9. The number of nitrogens with one attached hydrogen (secondary N) is 1. The summed E-state index contributed by atoms with van der Waals surface area (Å²) >= 11 is 1.49. The van der Waals surface area contributed by atoms with E-state index in [-0.39, 0.29) is 10.8 Å². The van der Waals surface area contributed by atoms with Gasteiger partial charge in [-0.1, -0.05) is 41.5 Å². The molecule has 28 heavy (non-hydrogen) atoms. The van der Waals surface area contributed by atoms with Crippen LogP contribution in [0.4, 0.5) is 0 Å². The molecule has 6 heteroatoms. The fourth-order valence-corrected chi connectivity index (χ4v) is 4.55. The van der Waals surface area contributed by atoms with E-state index in [4.69, 9.17) is 4.98 Å². The molecule has 1 aliphatic heterocycles. The zero-order valence-electron chi connectivity index (χ0n) is 17.6. The minimum Gasteiger partial charge on any atom is -0.507 e. The van der Waals surface area contributed by atoms with Gasteiger partial charge in [0.05, 0.1) is 16.8 Å². The second kappa shape index (κ2) is 7.10. The van der Waals surface area contributed by atoms with Gasteiger partial charge in [0, 0.05) is 41.6 Å². The van der Waals surface area contributed by atoms with Crippen molar-refractivity contribution >= 4 is 11.3 Å². The maximum absolute atomic E-state index is 10.9. The number of nitrogens with zero attached hydrogens (tertiary/aromatic N) is 1. The van der Waals surface area contributed by atoms with Crippen LogP contribution in [0.3, 0.4) is 0 Å². The van der Waals surface area contributed by atoms with Gasteiger partial charge in [0.15, 0.2) is 0 Å². The van der Waals surface area contributed by atoms with Crippen molar-refractivity contribution < 1.29 is 15.3 Å². The van der Waals surface area contributed by atoms with Gasteiger partial charge in [0.2, 0.25) is 0 Å². The summed E-state index contributed by atoms with van der Waals surface area (Å²) in [6.45, 7) is 13.3. The first-order valence-electron chi connectivity index (χ1n) is 9.75. The molecular formula is C22H32N2O3S. The first-order valence-corrected chi connectivity index (χ1v) is 10.6. The molecule has 2 atom stereocenters. The summed E-state index contributed by atoms with van der Waals surface area (Å²) in [6, 6.07) is 4.04. The summed E-state index contributed by atoms with van der Waals surface area (Å²) in [5.41, 5.74) is 2.03. The van der Waals surface area contributed by atoms with Crippen LogP contribution in [-0.2, 0) is 17.3 Å². The zero-order chi connectivity index (χ0) is 20.9. The first-order chi connectivity index (χ1) is 12.8. The van der Waals surface area contributed by atoms with Crippen LogP contribution in [0.5, 0.6) is 5.75 Å². The normalized spacial score (nSPS) is 23.4. The third kappa shape index (κ3) is 4.10. The predicted molar refractivity (Wildman–Crippen MR) is 114 cm³/mol. The number of aromatic hydroxyl groups is 1. The molecule has 0 aliphatic carbocycles. The van der Waals surface area contributed by atoms with Gasteiger partial charge in [-0.15, -0.1) is 11.3 Å². The molecule has 3 rings (SSSR count). The Hall–Kier alpha value is -1.47. The molecule has 1 aromatic heterocycles. The average molecular weight is 405 g/mol. The van der Waals surface area contributed by atoms with Crippen LogP contribution in [-0.4, -0.2) is 45.1 Å². The topological polar surface area (TPSA) is 85.6 Å². The molecule has 1 fully saturated rings. The number of aliphatic hydroxyl groups excluding tert-OH is 1. The number of phenolic OH excluding ortho intramolecular Hbond substituents is 1. The van der Waals surface area contributed by atoms with Gasteiger partial charge in [-0.2, -0.15) is 0 Å². The van der Waals surface area contributed by atoms with Gasteiger partial charge in [-0.05, 0) is 23.0 Å². The zero-order valence-corrected chi connectivity index (χ0v) is 18.4. The number of rotatable bonds is 3. The SMILES string of the molecule is CC(C)(C)c1cc(-c2csc(CC3(O)CNCC3O)n2)cc(C(C)(C)C)c1O. The Morgan fingerprint density at radius 1 is 1.14 bits per heavy atom. The van der Waals surface area contributed by atoms with Crippen LogP contribution in [0, 0.1) is 0 Å². The molecule has 0 bridgehead atoms. The van der Waals surface area contributed by atoms with E-state index < -0.39 is 11.7 Å². The first kappa shape index (κ1) is 21.2. The van der Waals surface area contributed by atoms with E-state index in [2.05, 4.69) is 46.9 Å². The molecule has 0 saturated carbocycles. The molecule has 0 radical (unpaired) electrons. The molecule has 1 saturated heterocycles. The number of β-amino-alcohol motifs (C(OH)–C–C–N with tert-alkyl or cyclic N) is 2. The molecule has 0 spiro atoms. The molecule has 1 aromatic carbocycles. The molecule has 2 aromatic rings. The highest BCUT2D eigenvalue weighted by Gasteiger charge is 2.41. The Balaban J connectivity index is 2.01. The minimum atomic E-state index is -1.17. The number of hydrogen-bond acceptors (Lipinski definition) is 6. The fraction of sp³-hybridized carbons (Fsp3) is 0.591. The highest BCUT2D eigenvalue weighted by molar-refractivity contribution is 7.10. The van der Waals surface area contributed by atoms with Crippen molar-refractivity contribution in [1.29, 1.82) is 0 Å². The van der Waals surface area contributed by atoms with Crippen LogP contribution < -0.4 is 5.32 Å². The maximum Gasteiger partial charge on any atom is 0.123 e. The molecule has 5 nitrogen and oxygen atoms in total. The Kier molecular flexibility index (Phi) is 5.38. The lowest BCUT2D eigenvalue weighted by molar-refractivity contribution is -0.0387. The Bertz CT molecular complexity index is 828. The summed E-state index contributed by atoms with van der Waals surface area (Å²) in [6.07, 6.45) is -0.462. The summed E-state index contributed by atoms with van der Waals surface area (Å²) < 4.78 is 0. The highest BCUT2D eigenvalue weighted by atomic mass is 32.1. The van der Waals surface area contributed by atoms with Gasteiger partial charge >= 0.3 is 0 Å². The number of hydrogen-bond donors (Lipinski definition) is 4. The molecule has 2 unspecified atom stereocenters. The monoisotopic (exact) mass is 404 g/mol. The maximum atomic E-state index is 10.9. The highest BCUT2D eigenvalue weighted by Crippen LogP contribution is 2.42. The van der Waals surface area contributed by atoms with E-state index >= 15 is 0 Å². The van der Waals surface area contributed by atoms with E-state index in [1.165, 1.54) is 11.3 Å². The third-order valence-corrected chi connectivity index (χ3v) is 6.27. The molecule has 2 heterocycles. The summed E-state index contributed by atoms with van der Waals surface area (Å²) in [4.78, 5) is 4.74. The lowest BCUT2D eigenvalue weighted by Gasteiger charge is -2.28. The van der Waals surface area contributed by atoms with Gasteiger partial charge in [-0.25, -0.2) is 4.98 Å². The lowest BCUT2D eigenvalue weighted by atomic mass is 9.78. The Labute approximate surface area is 171 Å². The van der Waals surface area contributed by atoms with E-state index in [0.717, 1.165) is 27.4 Å². The van der Waals surface area contributed by atoms with Gasteiger partial charge in [0.25, 0.3) is 0 Å². The fourth-order valence-electron chi connectivity index (χ4n) is 3.63. The minimum absolute atomic E-state index is 0.201. The summed E-state index contributed by atoms with van der Waals surface area (Å²) in [5.74, 6) is 0.355. The van der Waals surface area contributed by atoms with Gasteiger partial charge in [-0.3, -0.25) is 0 Å². The molecule has 0 amide bonds. The van der Waals surface area contributed by atoms with Crippen LogP contribution in [0.2, 0.25) is 0 Å². The molecular weight excluding hydrogens is 372 g/mol.